The lowest BCUT2D eigenvalue weighted by molar-refractivity contribution is 0.154. The van der Waals surface area contributed by atoms with Gasteiger partial charge < -0.3 is 10.1 Å². The highest BCUT2D eigenvalue weighted by Gasteiger charge is 2.44. The minimum atomic E-state index is 0.625. The highest BCUT2D eigenvalue weighted by Crippen LogP contribution is 2.43. The van der Waals surface area contributed by atoms with Crippen molar-refractivity contribution in [3.63, 3.8) is 0 Å². The van der Waals surface area contributed by atoms with Gasteiger partial charge in [-0.15, -0.1) is 0 Å². The number of rotatable bonds is 2. The molecule has 3 nitrogen and oxygen atoms in total. The van der Waals surface area contributed by atoms with E-state index in [1.165, 1.54) is 44.5 Å². The van der Waals surface area contributed by atoms with Crippen molar-refractivity contribution in [1.29, 1.82) is 0 Å². The Morgan fingerprint density at radius 1 is 1.29 bits per heavy atom. The van der Waals surface area contributed by atoms with Gasteiger partial charge in [0.15, 0.2) is 0 Å². The quantitative estimate of drug-likeness (QED) is 0.904. The summed E-state index contributed by atoms with van der Waals surface area (Å²) < 4.78 is 5.40. The Morgan fingerprint density at radius 3 is 3.00 bits per heavy atom. The summed E-state index contributed by atoms with van der Waals surface area (Å²) in [5.74, 6) is 2.72. The summed E-state index contributed by atoms with van der Waals surface area (Å²) >= 11 is 0. The molecule has 114 valence electrons. The number of hydrogen-bond donors (Lipinski definition) is 1. The van der Waals surface area contributed by atoms with Crippen molar-refractivity contribution in [2.75, 3.05) is 26.7 Å². The van der Waals surface area contributed by atoms with Crippen LogP contribution in [0.25, 0.3) is 0 Å². The summed E-state index contributed by atoms with van der Waals surface area (Å²) in [5.41, 5.74) is 3.06. The molecule has 1 aliphatic carbocycles. The first kappa shape index (κ1) is 13.6. The summed E-state index contributed by atoms with van der Waals surface area (Å²) in [5, 5.41) is 3.57. The summed E-state index contributed by atoms with van der Waals surface area (Å²) in [6.45, 7) is 6.14. The zero-order valence-electron chi connectivity index (χ0n) is 13.1. The first-order valence-electron chi connectivity index (χ1n) is 8.41. The lowest BCUT2D eigenvalue weighted by Crippen LogP contribution is -2.37. The standard InChI is InChI=1S/C18H26N2O/c1-12-17-10-19-9-14(17)11-20(12)18-5-3-4-13-8-15(21-2)6-7-16(13)18/h6-8,12,14,17-19H,3-5,9-11H2,1-2H3. The molecule has 2 aliphatic heterocycles. The van der Waals surface area contributed by atoms with Crippen LogP contribution in [0.3, 0.4) is 0 Å². The fourth-order valence-corrected chi connectivity index (χ4v) is 4.85. The maximum Gasteiger partial charge on any atom is 0.119 e. The Labute approximate surface area is 127 Å². The normalized spacial score (nSPS) is 35.5. The van der Waals surface area contributed by atoms with E-state index >= 15 is 0 Å². The number of methoxy groups -OCH3 is 1. The fraction of sp³-hybridized carbons (Fsp3) is 0.667. The van der Waals surface area contributed by atoms with Crippen LogP contribution in [0.4, 0.5) is 0 Å². The number of aryl methyl sites for hydroxylation is 1. The molecular formula is C18H26N2O. The summed E-state index contributed by atoms with van der Waals surface area (Å²) in [6, 6.07) is 8.05. The second-order valence-electron chi connectivity index (χ2n) is 6.99. The van der Waals surface area contributed by atoms with Crippen molar-refractivity contribution in [3.05, 3.63) is 29.3 Å². The highest BCUT2D eigenvalue weighted by molar-refractivity contribution is 5.39. The molecule has 0 saturated carbocycles. The topological polar surface area (TPSA) is 24.5 Å². The van der Waals surface area contributed by atoms with E-state index in [0.29, 0.717) is 12.1 Å². The molecule has 3 aliphatic rings. The molecule has 2 heterocycles. The molecule has 0 radical (unpaired) electrons. The molecule has 2 saturated heterocycles. The number of benzene rings is 1. The molecule has 3 heteroatoms. The molecular weight excluding hydrogens is 260 g/mol. The van der Waals surface area contributed by atoms with Crippen LogP contribution in [0.1, 0.15) is 36.9 Å². The molecule has 4 rings (SSSR count). The van der Waals surface area contributed by atoms with Crippen molar-refractivity contribution < 1.29 is 4.74 Å². The Hall–Kier alpha value is -1.06. The average molecular weight is 286 g/mol. The zero-order chi connectivity index (χ0) is 14.4. The van der Waals surface area contributed by atoms with Crippen LogP contribution < -0.4 is 10.1 Å². The highest BCUT2D eigenvalue weighted by atomic mass is 16.5. The molecule has 0 spiro atoms. The zero-order valence-corrected chi connectivity index (χ0v) is 13.1. The summed E-state index contributed by atoms with van der Waals surface area (Å²) in [4.78, 5) is 2.79. The SMILES string of the molecule is COc1ccc2c(c1)CCCC2N1CC2CNCC2C1C. The predicted molar refractivity (Wildman–Crippen MR) is 84.7 cm³/mol. The first-order valence-corrected chi connectivity index (χ1v) is 8.41. The Morgan fingerprint density at radius 2 is 2.19 bits per heavy atom. The van der Waals surface area contributed by atoms with Crippen molar-refractivity contribution in [1.82, 2.24) is 10.2 Å². The molecule has 1 aromatic carbocycles. The number of nitrogens with zero attached hydrogens (tertiary/aromatic N) is 1. The third-order valence-electron chi connectivity index (χ3n) is 6.01. The third-order valence-corrected chi connectivity index (χ3v) is 6.01. The van der Waals surface area contributed by atoms with Gasteiger partial charge >= 0.3 is 0 Å². The van der Waals surface area contributed by atoms with Crippen LogP contribution in [0.15, 0.2) is 18.2 Å². The molecule has 0 bridgehead atoms. The van der Waals surface area contributed by atoms with Crippen LogP contribution in [0.2, 0.25) is 0 Å². The third kappa shape index (κ3) is 2.18. The number of likely N-dealkylation sites (tertiary alicyclic amines) is 1. The van der Waals surface area contributed by atoms with Crippen molar-refractivity contribution in [2.45, 2.75) is 38.3 Å². The Bertz CT molecular complexity index is 530. The second-order valence-corrected chi connectivity index (χ2v) is 6.99. The Balaban J connectivity index is 1.63. The van der Waals surface area contributed by atoms with Crippen molar-refractivity contribution >= 4 is 0 Å². The van der Waals surface area contributed by atoms with Gasteiger partial charge in [-0.05, 0) is 74.4 Å². The van der Waals surface area contributed by atoms with Crippen LogP contribution in [-0.4, -0.2) is 37.7 Å². The molecule has 0 aromatic heterocycles. The van der Waals surface area contributed by atoms with Gasteiger partial charge in [0, 0.05) is 18.6 Å². The predicted octanol–water partition coefficient (Wildman–Crippen LogP) is 2.61. The van der Waals surface area contributed by atoms with Gasteiger partial charge in [-0.1, -0.05) is 6.07 Å². The molecule has 0 amide bonds. The van der Waals surface area contributed by atoms with E-state index in [0.717, 1.165) is 17.6 Å². The second kappa shape index (κ2) is 5.29. The number of hydrogen-bond acceptors (Lipinski definition) is 3. The minimum Gasteiger partial charge on any atom is -0.497 e. The molecule has 4 atom stereocenters. The number of ether oxygens (including phenoxy) is 1. The van der Waals surface area contributed by atoms with Crippen molar-refractivity contribution in [3.8, 4) is 5.75 Å². The van der Waals surface area contributed by atoms with E-state index in [9.17, 15) is 0 Å². The summed E-state index contributed by atoms with van der Waals surface area (Å²) in [7, 11) is 1.76. The Kier molecular flexibility index (Phi) is 3.43. The van der Waals surface area contributed by atoms with Crippen LogP contribution in [0, 0.1) is 11.8 Å². The van der Waals surface area contributed by atoms with Gasteiger partial charge in [0.2, 0.25) is 0 Å². The molecule has 1 aromatic rings. The summed E-state index contributed by atoms with van der Waals surface area (Å²) in [6.07, 6.45) is 3.83. The van der Waals surface area contributed by atoms with Crippen molar-refractivity contribution in [2.24, 2.45) is 11.8 Å². The average Bonchev–Trinajstić information content (AvgIpc) is 3.09. The van der Waals surface area contributed by atoms with E-state index in [1.54, 1.807) is 12.7 Å². The van der Waals surface area contributed by atoms with Gasteiger partial charge in [0.25, 0.3) is 0 Å². The van der Waals surface area contributed by atoms with E-state index in [-0.39, 0.29) is 0 Å². The van der Waals surface area contributed by atoms with E-state index < -0.39 is 0 Å². The number of nitrogens with one attached hydrogen (secondary N) is 1. The molecule has 4 unspecified atom stereocenters. The van der Waals surface area contributed by atoms with Gasteiger partial charge in [-0.25, -0.2) is 0 Å². The van der Waals surface area contributed by atoms with E-state index in [2.05, 4.69) is 35.3 Å². The van der Waals surface area contributed by atoms with Crippen LogP contribution >= 0.6 is 0 Å². The van der Waals surface area contributed by atoms with E-state index in [4.69, 9.17) is 4.74 Å². The molecule has 1 N–H and O–H groups in total. The molecule has 2 fully saturated rings. The largest absolute Gasteiger partial charge is 0.497 e. The minimum absolute atomic E-state index is 0.625. The van der Waals surface area contributed by atoms with Crippen LogP contribution in [0.5, 0.6) is 5.75 Å². The van der Waals surface area contributed by atoms with Crippen LogP contribution in [-0.2, 0) is 6.42 Å². The molecule has 21 heavy (non-hydrogen) atoms. The lowest BCUT2D eigenvalue weighted by atomic mass is 9.86. The fourth-order valence-electron chi connectivity index (χ4n) is 4.85. The van der Waals surface area contributed by atoms with E-state index in [1.807, 2.05) is 0 Å². The maximum atomic E-state index is 5.40. The first-order chi connectivity index (χ1) is 10.3. The lowest BCUT2D eigenvalue weighted by Gasteiger charge is -2.37. The van der Waals surface area contributed by atoms with Gasteiger partial charge in [-0.3, -0.25) is 4.90 Å². The maximum absolute atomic E-state index is 5.40. The van der Waals surface area contributed by atoms with Gasteiger partial charge in [0.1, 0.15) is 5.75 Å². The smallest absolute Gasteiger partial charge is 0.119 e. The van der Waals surface area contributed by atoms with Gasteiger partial charge in [0.05, 0.1) is 7.11 Å². The number of fused-ring (bicyclic) bond motifs is 2. The monoisotopic (exact) mass is 286 g/mol. The van der Waals surface area contributed by atoms with Gasteiger partial charge in [-0.2, -0.15) is 0 Å².